The van der Waals surface area contributed by atoms with Gasteiger partial charge in [0, 0.05) is 6.61 Å². The third-order valence-electron chi connectivity index (χ3n) is 1.96. The average molecular weight is 239 g/mol. The second-order valence-corrected chi connectivity index (χ2v) is 3.24. The minimum atomic E-state index is -0.437. The van der Waals surface area contributed by atoms with Crippen LogP contribution in [0, 0.1) is 0 Å². The van der Waals surface area contributed by atoms with Crippen LogP contribution in [0.1, 0.15) is 6.92 Å². The van der Waals surface area contributed by atoms with Gasteiger partial charge in [0.25, 0.3) is 0 Å². The number of carbonyl (C=O) groups excluding carboxylic acids is 1. The van der Waals surface area contributed by atoms with Gasteiger partial charge in [-0.25, -0.2) is 4.79 Å². The molecular weight excluding hydrogens is 222 g/mol. The van der Waals surface area contributed by atoms with Gasteiger partial charge >= 0.3 is 5.97 Å². The third-order valence-corrected chi connectivity index (χ3v) is 1.96. The number of rotatable bonds is 7. The molecule has 17 heavy (non-hydrogen) atoms. The fraction of sp³-hybridized carbons (Fsp3) is 0.417. The molecular formula is C12H17NO4. The summed E-state index contributed by atoms with van der Waals surface area (Å²) in [6, 6.07) is 6.98. The molecule has 5 nitrogen and oxygen atoms in total. The first kappa shape index (κ1) is 13.3. The molecule has 0 radical (unpaired) electrons. The van der Waals surface area contributed by atoms with E-state index < -0.39 is 5.97 Å². The number of nitrogens with two attached hydrogens (primary N) is 1. The van der Waals surface area contributed by atoms with Gasteiger partial charge < -0.3 is 19.9 Å². The number of hydrogen-bond donors (Lipinski definition) is 1. The average Bonchev–Trinajstić information content (AvgIpc) is 2.34. The number of benzene rings is 1. The molecule has 0 spiro atoms. The molecule has 94 valence electrons. The Morgan fingerprint density at radius 1 is 1.29 bits per heavy atom. The first-order valence-corrected chi connectivity index (χ1v) is 5.44. The van der Waals surface area contributed by atoms with Crippen molar-refractivity contribution in [3.8, 4) is 5.75 Å². The second kappa shape index (κ2) is 7.51. The van der Waals surface area contributed by atoms with E-state index in [1.807, 2.05) is 6.92 Å². The molecule has 0 aliphatic rings. The van der Waals surface area contributed by atoms with E-state index in [1.165, 1.54) is 0 Å². The van der Waals surface area contributed by atoms with Crippen LogP contribution in [0.2, 0.25) is 0 Å². The van der Waals surface area contributed by atoms with Crippen LogP contribution in [0.5, 0.6) is 5.75 Å². The highest BCUT2D eigenvalue weighted by atomic mass is 16.6. The van der Waals surface area contributed by atoms with Crippen LogP contribution < -0.4 is 10.5 Å². The Morgan fingerprint density at radius 3 is 2.76 bits per heavy atom. The van der Waals surface area contributed by atoms with Gasteiger partial charge in [-0.3, -0.25) is 0 Å². The predicted molar refractivity (Wildman–Crippen MR) is 63.8 cm³/mol. The first-order valence-electron chi connectivity index (χ1n) is 5.44. The number of nitrogen functional groups attached to an aromatic ring is 1. The van der Waals surface area contributed by atoms with Crippen LogP contribution in [-0.4, -0.2) is 32.4 Å². The molecule has 0 aliphatic heterocycles. The summed E-state index contributed by atoms with van der Waals surface area (Å²) in [6.07, 6.45) is 0. The number of anilines is 1. The molecule has 0 bridgehead atoms. The summed E-state index contributed by atoms with van der Waals surface area (Å²) < 4.78 is 15.1. The molecule has 0 aliphatic carbocycles. The Kier molecular flexibility index (Phi) is 5.88. The highest BCUT2D eigenvalue weighted by Crippen LogP contribution is 2.19. The smallest absolute Gasteiger partial charge is 0.344 e. The van der Waals surface area contributed by atoms with Crippen LogP contribution in [0.4, 0.5) is 5.69 Å². The van der Waals surface area contributed by atoms with Crippen molar-refractivity contribution in [2.45, 2.75) is 6.92 Å². The lowest BCUT2D eigenvalue weighted by Crippen LogP contribution is -2.17. The van der Waals surface area contributed by atoms with Gasteiger partial charge in [-0.15, -0.1) is 0 Å². The number of carbonyl (C=O) groups is 1. The van der Waals surface area contributed by atoms with E-state index in [-0.39, 0.29) is 13.2 Å². The van der Waals surface area contributed by atoms with Crippen molar-refractivity contribution in [2.75, 3.05) is 32.2 Å². The number of hydrogen-bond acceptors (Lipinski definition) is 5. The molecule has 1 rings (SSSR count). The molecule has 5 heteroatoms. The maximum atomic E-state index is 11.2. The molecule has 2 N–H and O–H groups in total. The largest absolute Gasteiger partial charge is 0.480 e. The normalized spacial score (nSPS) is 9.94. The van der Waals surface area contributed by atoms with E-state index in [1.54, 1.807) is 24.3 Å². The molecule has 0 saturated heterocycles. The van der Waals surface area contributed by atoms with Crippen molar-refractivity contribution in [3.05, 3.63) is 24.3 Å². The molecule has 0 atom stereocenters. The lowest BCUT2D eigenvalue weighted by molar-refractivity contribution is -0.147. The van der Waals surface area contributed by atoms with Gasteiger partial charge in [-0.2, -0.15) is 0 Å². The van der Waals surface area contributed by atoms with Crippen molar-refractivity contribution in [3.63, 3.8) is 0 Å². The monoisotopic (exact) mass is 239 g/mol. The zero-order chi connectivity index (χ0) is 12.5. The van der Waals surface area contributed by atoms with Crippen LogP contribution in [0.3, 0.4) is 0 Å². The van der Waals surface area contributed by atoms with Gasteiger partial charge in [0.05, 0.1) is 12.3 Å². The lowest BCUT2D eigenvalue weighted by atomic mass is 10.3. The van der Waals surface area contributed by atoms with E-state index in [0.717, 1.165) is 0 Å². The second-order valence-electron chi connectivity index (χ2n) is 3.24. The van der Waals surface area contributed by atoms with Crippen molar-refractivity contribution in [2.24, 2.45) is 0 Å². The highest BCUT2D eigenvalue weighted by molar-refractivity contribution is 5.71. The summed E-state index contributed by atoms with van der Waals surface area (Å²) in [5, 5.41) is 0. The van der Waals surface area contributed by atoms with Crippen molar-refractivity contribution in [1.82, 2.24) is 0 Å². The predicted octanol–water partition coefficient (Wildman–Crippen LogP) is 1.23. The van der Waals surface area contributed by atoms with Crippen LogP contribution in [0.15, 0.2) is 24.3 Å². The van der Waals surface area contributed by atoms with E-state index in [4.69, 9.17) is 19.9 Å². The maximum absolute atomic E-state index is 11.2. The number of ether oxygens (including phenoxy) is 3. The Balaban J connectivity index is 2.22. The molecule has 0 saturated carbocycles. The molecule has 0 unspecified atom stereocenters. The van der Waals surface area contributed by atoms with Gasteiger partial charge in [-0.1, -0.05) is 12.1 Å². The Labute approximate surface area is 100 Å². The number of esters is 1. The summed E-state index contributed by atoms with van der Waals surface area (Å²) in [5.41, 5.74) is 6.14. The highest BCUT2D eigenvalue weighted by Gasteiger charge is 2.05. The fourth-order valence-electron chi connectivity index (χ4n) is 1.15. The van der Waals surface area contributed by atoms with Crippen molar-refractivity contribution >= 4 is 11.7 Å². The zero-order valence-corrected chi connectivity index (χ0v) is 9.85. The zero-order valence-electron chi connectivity index (χ0n) is 9.85. The Hall–Kier alpha value is -1.75. The third kappa shape index (κ3) is 5.21. The van der Waals surface area contributed by atoms with E-state index in [0.29, 0.717) is 24.7 Å². The number of para-hydroxylation sites is 2. The van der Waals surface area contributed by atoms with Crippen LogP contribution in [0.25, 0.3) is 0 Å². The lowest BCUT2D eigenvalue weighted by Gasteiger charge is -2.08. The van der Waals surface area contributed by atoms with Gasteiger partial charge in [0.15, 0.2) is 6.61 Å². The summed E-state index contributed by atoms with van der Waals surface area (Å²) >= 11 is 0. The quantitative estimate of drug-likeness (QED) is 0.440. The molecule has 1 aromatic carbocycles. The SMILES string of the molecule is CCOCCOC(=O)COc1ccccc1N. The molecule has 0 amide bonds. The molecule has 1 aromatic rings. The van der Waals surface area contributed by atoms with E-state index in [9.17, 15) is 4.79 Å². The summed E-state index contributed by atoms with van der Waals surface area (Å²) in [7, 11) is 0. The summed E-state index contributed by atoms with van der Waals surface area (Å²) in [4.78, 5) is 11.2. The fourth-order valence-corrected chi connectivity index (χ4v) is 1.15. The minimum absolute atomic E-state index is 0.152. The van der Waals surface area contributed by atoms with Crippen LogP contribution in [-0.2, 0) is 14.3 Å². The van der Waals surface area contributed by atoms with E-state index in [2.05, 4.69) is 0 Å². The minimum Gasteiger partial charge on any atom is -0.480 e. The Morgan fingerprint density at radius 2 is 2.06 bits per heavy atom. The van der Waals surface area contributed by atoms with Gasteiger partial charge in [0.1, 0.15) is 12.4 Å². The van der Waals surface area contributed by atoms with Gasteiger partial charge in [0.2, 0.25) is 0 Å². The van der Waals surface area contributed by atoms with Crippen LogP contribution >= 0.6 is 0 Å². The standard InChI is InChI=1S/C12H17NO4/c1-2-15-7-8-16-12(14)9-17-11-6-4-3-5-10(11)13/h3-6H,2,7-9,13H2,1H3. The molecule has 0 heterocycles. The first-order chi connectivity index (χ1) is 8.24. The molecule has 0 aromatic heterocycles. The topological polar surface area (TPSA) is 70.8 Å². The van der Waals surface area contributed by atoms with Crippen molar-refractivity contribution in [1.29, 1.82) is 0 Å². The van der Waals surface area contributed by atoms with Crippen molar-refractivity contribution < 1.29 is 19.0 Å². The summed E-state index contributed by atoms with van der Waals surface area (Å²) in [5.74, 6) is 0.0437. The van der Waals surface area contributed by atoms with Gasteiger partial charge in [-0.05, 0) is 19.1 Å². The molecule has 0 fully saturated rings. The van der Waals surface area contributed by atoms with E-state index >= 15 is 0 Å². The Bertz CT molecular complexity index is 354. The summed E-state index contributed by atoms with van der Waals surface area (Å²) in [6.45, 7) is 2.97. The maximum Gasteiger partial charge on any atom is 0.344 e.